The fraction of sp³-hybridized carbons (Fsp3) is 0. The van der Waals surface area contributed by atoms with Gasteiger partial charge in [0.2, 0.25) is 5.82 Å². The molecule has 0 aliphatic heterocycles. The van der Waals surface area contributed by atoms with Gasteiger partial charge in [0.15, 0.2) is 0 Å². The molecular formula is C11H6ClF2N3O2. The average Bonchev–Trinajstić information content (AvgIpc) is 2.36. The Morgan fingerprint density at radius 1 is 1.32 bits per heavy atom. The smallest absolute Gasteiger partial charge is 0.311 e. The predicted octanol–water partition coefficient (Wildman–Crippen LogP) is 3.67. The van der Waals surface area contributed by atoms with Gasteiger partial charge in [-0.3, -0.25) is 10.1 Å². The van der Waals surface area contributed by atoms with Crippen LogP contribution in [0.15, 0.2) is 30.5 Å². The van der Waals surface area contributed by atoms with Gasteiger partial charge in [-0.1, -0.05) is 11.6 Å². The molecule has 0 saturated heterocycles. The first-order valence-electron chi connectivity index (χ1n) is 5.00. The Labute approximate surface area is 111 Å². The molecule has 2 rings (SSSR count). The molecule has 2 aromatic rings. The van der Waals surface area contributed by atoms with Crippen LogP contribution in [0.3, 0.4) is 0 Å². The third-order valence-electron chi connectivity index (χ3n) is 2.25. The molecule has 0 aliphatic carbocycles. The van der Waals surface area contributed by atoms with Gasteiger partial charge < -0.3 is 5.32 Å². The lowest BCUT2D eigenvalue weighted by atomic mass is 10.3. The van der Waals surface area contributed by atoms with Crippen LogP contribution in [0.25, 0.3) is 0 Å². The zero-order valence-corrected chi connectivity index (χ0v) is 9.99. The van der Waals surface area contributed by atoms with Crippen molar-refractivity contribution in [2.24, 2.45) is 0 Å². The second-order valence-corrected chi connectivity index (χ2v) is 3.91. The predicted molar refractivity (Wildman–Crippen MR) is 65.5 cm³/mol. The molecule has 0 unspecified atom stereocenters. The van der Waals surface area contributed by atoms with Crippen LogP contribution in [-0.4, -0.2) is 9.91 Å². The molecule has 0 saturated carbocycles. The lowest BCUT2D eigenvalue weighted by Crippen LogP contribution is -2.01. The van der Waals surface area contributed by atoms with Crippen LogP contribution >= 0.6 is 11.6 Å². The molecule has 19 heavy (non-hydrogen) atoms. The molecular weight excluding hydrogens is 280 g/mol. The molecule has 1 N–H and O–H groups in total. The van der Waals surface area contributed by atoms with Gasteiger partial charge in [-0.05, 0) is 12.1 Å². The minimum atomic E-state index is -0.843. The third kappa shape index (κ3) is 2.76. The zero-order valence-electron chi connectivity index (χ0n) is 9.23. The summed E-state index contributed by atoms with van der Waals surface area (Å²) in [5.41, 5.74) is -0.638. The van der Waals surface area contributed by atoms with Crippen LogP contribution < -0.4 is 5.32 Å². The highest BCUT2D eigenvalue weighted by Gasteiger charge is 2.16. The van der Waals surface area contributed by atoms with Crippen molar-refractivity contribution in [3.05, 3.63) is 57.2 Å². The molecule has 0 atom stereocenters. The number of pyridine rings is 1. The van der Waals surface area contributed by atoms with E-state index in [0.29, 0.717) is 0 Å². The second-order valence-electron chi connectivity index (χ2n) is 3.50. The normalized spacial score (nSPS) is 10.3. The Morgan fingerprint density at radius 3 is 2.74 bits per heavy atom. The van der Waals surface area contributed by atoms with E-state index in [2.05, 4.69) is 10.3 Å². The summed E-state index contributed by atoms with van der Waals surface area (Å²) in [4.78, 5) is 13.8. The maximum Gasteiger partial charge on any atom is 0.311 e. The Morgan fingerprint density at radius 2 is 2.05 bits per heavy atom. The average molecular weight is 286 g/mol. The lowest BCUT2D eigenvalue weighted by Gasteiger charge is -2.07. The number of nitro groups is 1. The number of rotatable bonds is 3. The van der Waals surface area contributed by atoms with Crippen molar-refractivity contribution in [3.63, 3.8) is 0 Å². The number of aromatic nitrogens is 1. The van der Waals surface area contributed by atoms with Crippen molar-refractivity contribution in [2.45, 2.75) is 0 Å². The van der Waals surface area contributed by atoms with Crippen molar-refractivity contribution in [1.82, 2.24) is 4.98 Å². The molecule has 1 aromatic heterocycles. The molecule has 0 radical (unpaired) electrons. The number of nitrogens with one attached hydrogen (secondary N) is 1. The molecule has 0 amide bonds. The minimum absolute atomic E-state index is 0.187. The fourth-order valence-electron chi connectivity index (χ4n) is 1.39. The second kappa shape index (κ2) is 5.15. The lowest BCUT2D eigenvalue weighted by molar-refractivity contribution is -0.384. The maximum absolute atomic E-state index is 13.5. The SMILES string of the molecule is O=[N+]([O-])c1cccnc1Nc1cc(F)c(Cl)cc1F. The summed E-state index contributed by atoms with van der Waals surface area (Å²) >= 11 is 5.40. The minimum Gasteiger partial charge on any atom is -0.332 e. The van der Waals surface area contributed by atoms with Crippen molar-refractivity contribution in [1.29, 1.82) is 0 Å². The Balaban J connectivity index is 2.42. The van der Waals surface area contributed by atoms with Gasteiger partial charge >= 0.3 is 5.69 Å². The summed E-state index contributed by atoms with van der Waals surface area (Å²) in [7, 11) is 0. The largest absolute Gasteiger partial charge is 0.332 e. The number of hydrogen-bond acceptors (Lipinski definition) is 4. The van der Waals surface area contributed by atoms with E-state index in [9.17, 15) is 18.9 Å². The molecule has 1 aromatic carbocycles. The van der Waals surface area contributed by atoms with E-state index in [1.165, 1.54) is 18.3 Å². The molecule has 0 spiro atoms. The van der Waals surface area contributed by atoms with Gasteiger partial charge in [0.25, 0.3) is 0 Å². The standard InChI is InChI=1S/C11H6ClF2N3O2/c12-6-4-8(14)9(5-7(6)13)16-11-10(17(18)19)2-1-3-15-11/h1-5H,(H,15,16). The van der Waals surface area contributed by atoms with Crippen LogP contribution in [0.5, 0.6) is 0 Å². The van der Waals surface area contributed by atoms with E-state index >= 15 is 0 Å². The Bertz CT molecular complexity index is 652. The number of nitrogens with zero attached hydrogens (tertiary/aromatic N) is 2. The molecule has 98 valence electrons. The highest BCUT2D eigenvalue weighted by atomic mass is 35.5. The number of halogens is 3. The molecule has 5 nitrogen and oxygen atoms in total. The van der Waals surface area contributed by atoms with Gasteiger partial charge in [0, 0.05) is 18.3 Å². The van der Waals surface area contributed by atoms with Crippen molar-refractivity contribution >= 4 is 28.8 Å². The first-order valence-corrected chi connectivity index (χ1v) is 5.38. The highest BCUT2D eigenvalue weighted by Crippen LogP contribution is 2.28. The first kappa shape index (κ1) is 13.2. The summed E-state index contributed by atoms with van der Waals surface area (Å²) in [6, 6.07) is 4.13. The third-order valence-corrected chi connectivity index (χ3v) is 2.54. The first-order chi connectivity index (χ1) is 8.99. The molecule has 0 fully saturated rings. The van der Waals surface area contributed by atoms with E-state index in [0.717, 1.165) is 12.1 Å². The fourth-order valence-corrected chi connectivity index (χ4v) is 1.54. The summed E-state index contributed by atoms with van der Waals surface area (Å²) in [5, 5.41) is 12.7. The summed E-state index contributed by atoms with van der Waals surface area (Å²) in [5.74, 6) is -1.87. The van der Waals surface area contributed by atoms with Crippen molar-refractivity contribution in [2.75, 3.05) is 5.32 Å². The van der Waals surface area contributed by atoms with E-state index in [1.54, 1.807) is 0 Å². The van der Waals surface area contributed by atoms with E-state index < -0.39 is 16.6 Å². The Kier molecular flexibility index (Phi) is 3.57. The molecule has 8 heteroatoms. The zero-order chi connectivity index (χ0) is 14.0. The van der Waals surface area contributed by atoms with Gasteiger partial charge in [0.05, 0.1) is 15.6 Å². The van der Waals surface area contributed by atoms with E-state index in [1.807, 2.05) is 0 Å². The van der Waals surface area contributed by atoms with Crippen LogP contribution in [0.1, 0.15) is 0 Å². The van der Waals surface area contributed by atoms with Crippen molar-refractivity contribution in [3.8, 4) is 0 Å². The van der Waals surface area contributed by atoms with Crippen LogP contribution in [0.2, 0.25) is 5.02 Å². The Hall–Kier alpha value is -2.28. The van der Waals surface area contributed by atoms with E-state index in [-0.39, 0.29) is 22.2 Å². The number of anilines is 2. The van der Waals surface area contributed by atoms with Gasteiger partial charge in [0.1, 0.15) is 11.6 Å². The van der Waals surface area contributed by atoms with Crippen LogP contribution in [0.4, 0.5) is 26.0 Å². The van der Waals surface area contributed by atoms with Gasteiger partial charge in [-0.15, -0.1) is 0 Å². The summed E-state index contributed by atoms with van der Waals surface area (Å²) < 4.78 is 26.8. The van der Waals surface area contributed by atoms with E-state index in [4.69, 9.17) is 11.6 Å². The summed E-state index contributed by atoms with van der Waals surface area (Å²) in [6.07, 6.45) is 1.29. The summed E-state index contributed by atoms with van der Waals surface area (Å²) in [6.45, 7) is 0. The van der Waals surface area contributed by atoms with Crippen LogP contribution in [0, 0.1) is 21.7 Å². The quantitative estimate of drug-likeness (QED) is 0.531. The topological polar surface area (TPSA) is 68.1 Å². The maximum atomic E-state index is 13.5. The molecule has 0 aliphatic rings. The monoisotopic (exact) mass is 285 g/mol. The van der Waals surface area contributed by atoms with Crippen molar-refractivity contribution < 1.29 is 13.7 Å². The highest BCUT2D eigenvalue weighted by molar-refractivity contribution is 6.30. The number of benzene rings is 1. The van der Waals surface area contributed by atoms with Gasteiger partial charge in [-0.2, -0.15) is 0 Å². The van der Waals surface area contributed by atoms with Crippen LogP contribution in [-0.2, 0) is 0 Å². The number of hydrogen-bond donors (Lipinski definition) is 1. The van der Waals surface area contributed by atoms with Gasteiger partial charge in [-0.25, -0.2) is 13.8 Å². The molecule has 1 heterocycles. The molecule has 0 bridgehead atoms.